The summed E-state index contributed by atoms with van der Waals surface area (Å²) in [5.74, 6) is -0.946. The molecule has 32 heavy (non-hydrogen) atoms. The Balaban J connectivity index is 1.54. The van der Waals surface area contributed by atoms with Crippen molar-refractivity contribution in [2.45, 2.75) is 50.0 Å². The number of carbonyl (C=O) groups excluding carboxylic acids is 1. The molecule has 2 fully saturated rings. The van der Waals surface area contributed by atoms with Crippen LogP contribution in [0.2, 0.25) is 10.0 Å². The highest BCUT2D eigenvalue weighted by Gasteiger charge is 2.43. The topological polar surface area (TPSA) is 49.4 Å². The van der Waals surface area contributed by atoms with E-state index in [1.807, 2.05) is 34.6 Å². The Labute approximate surface area is 201 Å². The summed E-state index contributed by atoms with van der Waals surface area (Å²) in [7, 11) is -1.31. The minimum atomic E-state index is -1.31. The standard InChI is InChI=1S/C24H27Cl2FN2O2S/c1-24(12-5-6-13-24)22(20-19(27)10-9-18(25)21(20)26)28-23(30)16-11-14-29(15-16)32(31)17-7-3-2-4-8-17/h2-4,7-10,16,22H,5-6,11-15H2,1H3,(H,28,30). The molecule has 1 heterocycles. The Bertz CT molecular complexity index is 1010. The van der Waals surface area contributed by atoms with Gasteiger partial charge in [-0.15, -0.1) is 0 Å². The summed E-state index contributed by atoms with van der Waals surface area (Å²) in [6.45, 7) is 3.03. The van der Waals surface area contributed by atoms with Gasteiger partial charge in [0.05, 0.1) is 26.9 Å². The lowest BCUT2D eigenvalue weighted by atomic mass is 9.76. The number of hydrogen-bond acceptors (Lipinski definition) is 2. The van der Waals surface area contributed by atoms with Crippen LogP contribution in [0.3, 0.4) is 0 Å². The summed E-state index contributed by atoms with van der Waals surface area (Å²) in [6.07, 6.45) is 4.38. The largest absolute Gasteiger partial charge is 0.348 e. The zero-order valence-electron chi connectivity index (χ0n) is 18.0. The number of nitrogens with one attached hydrogen (secondary N) is 1. The van der Waals surface area contributed by atoms with E-state index >= 15 is 0 Å². The second kappa shape index (κ2) is 9.80. The molecule has 2 aromatic rings. The Kier molecular flexibility index (Phi) is 7.25. The number of benzene rings is 2. The van der Waals surface area contributed by atoms with E-state index in [0.717, 1.165) is 30.6 Å². The zero-order chi connectivity index (χ0) is 22.9. The Morgan fingerprint density at radius 1 is 1.19 bits per heavy atom. The van der Waals surface area contributed by atoms with Gasteiger partial charge in [-0.2, -0.15) is 0 Å². The molecule has 1 aliphatic heterocycles. The fraction of sp³-hybridized carbons (Fsp3) is 0.458. The second-order valence-electron chi connectivity index (χ2n) is 9.00. The van der Waals surface area contributed by atoms with Crippen LogP contribution in [0.15, 0.2) is 47.4 Å². The van der Waals surface area contributed by atoms with Crippen LogP contribution in [0.4, 0.5) is 4.39 Å². The lowest BCUT2D eigenvalue weighted by Gasteiger charge is -2.36. The number of carbonyl (C=O) groups is 1. The fourth-order valence-corrected chi connectivity index (χ4v) is 6.61. The first-order valence-electron chi connectivity index (χ1n) is 11.0. The van der Waals surface area contributed by atoms with Crippen LogP contribution in [0, 0.1) is 17.2 Å². The van der Waals surface area contributed by atoms with Crippen LogP contribution in [-0.2, 0) is 15.8 Å². The van der Waals surface area contributed by atoms with Crippen LogP contribution in [0.5, 0.6) is 0 Å². The molecule has 2 aromatic carbocycles. The van der Waals surface area contributed by atoms with Crippen molar-refractivity contribution in [1.82, 2.24) is 9.62 Å². The van der Waals surface area contributed by atoms with Gasteiger partial charge in [-0.05, 0) is 48.9 Å². The lowest BCUT2D eigenvalue weighted by molar-refractivity contribution is -0.126. The molecule has 3 atom stereocenters. The van der Waals surface area contributed by atoms with Crippen LogP contribution in [0.25, 0.3) is 0 Å². The molecule has 1 saturated heterocycles. The van der Waals surface area contributed by atoms with Gasteiger partial charge in [0.1, 0.15) is 16.8 Å². The molecule has 4 rings (SSSR count). The second-order valence-corrected chi connectivity index (χ2v) is 11.3. The normalized spacial score (nSPS) is 22.6. The molecule has 0 spiro atoms. The maximum atomic E-state index is 14.9. The summed E-state index contributed by atoms with van der Waals surface area (Å²) in [5, 5.41) is 3.55. The van der Waals surface area contributed by atoms with Crippen molar-refractivity contribution in [3.8, 4) is 0 Å². The number of halogens is 3. The highest BCUT2D eigenvalue weighted by atomic mass is 35.5. The van der Waals surface area contributed by atoms with Crippen LogP contribution < -0.4 is 5.32 Å². The first kappa shape index (κ1) is 23.7. The van der Waals surface area contributed by atoms with E-state index in [4.69, 9.17) is 23.2 Å². The van der Waals surface area contributed by atoms with Gasteiger partial charge in [0.15, 0.2) is 0 Å². The monoisotopic (exact) mass is 496 g/mol. The summed E-state index contributed by atoms with van der Waals surface area (Å²) in [6, 6.07) is 11.4. The van der Waals surface area contributed by atoms with Crippen LogP contribution in [0.1, 0.15) is 50.6 Å². The minimum absolute atomic E-state index is 0.156. The van der Waals surface area contributed by atoms with Crippen molar-refractivity contribution in [3.63, 3.8) is 0 Å². The molecule has 4 nitrogen and oxygen atoms in total. The molecule has 8 heteroatoms. The fourth-order valence-electron chi connectivity index (χ4n) is 4.91. The van der Waals surface area contributed by atoms with E-state index in [2.05, 4.69) is 12.2 Å². The van der Waals surface area contributed by atoms with E-state index in [9.17, 15) is 13.4 Å². The maximum absolute atomic E-state index is 14.9. The first-order chi connectivity index (χ1) is 15.3. The predicted octanol–water partition coefficient (Wildman–Crippen LogP) is 5.91. The summed E-state index contributed by atoms with van der Waals surface area (Å²) in [4.78, 5) is 14.0. The maximum Gasteiger partial charge on any atom is 0.224 e. The third-order valence-electron chi connectivity index (χ3n) is 6.80. The van der Waals surface area contributed by atoms with Gasteiger partial charge in [-0.25, -0.2) is 12.9 Å². The molecule has 0 bridgehead atoms. The third-order valence-corrected chi connectivity index (χ3v) is 9.09. The number of hydrogen-bond donors (Lipinski definition) is 1. The Morgan fingerprint density at radius 2 is 1.88 bits per heavy atom. The highest BCUT2D eigenvalue weighted by Crippen LogP contribution is 2.50. The van der Waals surface area contributed by atoms with Gasteiger partial charge in [0.25, 0.3) is 0 Å². The lowest BCUT2D eigenvalue weighted by Crippen LogP contribution is -2.42. The van der Waals surface area contributed by atoms with E-state index < -0.39 is 22.8 Å². The van der Waals surface area contributed by atoms with Gasteiger partial charge >= 0.3 is 0 Å². The van der Waals surface area contributed by atoms with Gasteiger partial charge in [-0.3, -0.25) is 4.79 Å². The van der Waals surface area contributed by atoms with Crippen molar-refractivity contribution < 1.29 is 13.4 Å². The van der Waals surface area contributed by atoms with E-state index in [0.29, 0.717) is 19.5 Å². The number of nitrogens with zero attached hydrogens (tertiary/aromatic N) is 1. The van der Waals surface area contributed by atoms with Crippen molar-refractivity contribution in [3.05, 3.63) is 63.9 Å². The minimum Gasteiger partial charge on any atom is -0.348 e. The molecule has 0 aromatic heterocycles. The summed E-state index contributed by atoms with van der Waals surface area (Å²) >= 11 is 12.6. The quantitative estimate of drug-likeness (QED) is 0.504. The number of amides is 1. The first-order valence-corrected chi connectivity index (χ1v) is 12.8. The zero-order valence-corrected chi connectivity index (χ0v) is 20.3. The molecule has 0 radical (unpaired) electrons. The summed E-state index contributed by atoms with van der Waals surface area (Å²) < 4.78 is 29.6. The molecule has 1 N–H and O–H groups in total. The average Bonchev–Trinajstić information content (AvgIpc) is 3.46. The summed E-state index contributed by atoms with van der Waals surface area (Å²) in [5.41, 5.74) is -0.0460. The van der Waals surface area contributed by atoms with Gasteiger partial charge in [0, 0.05) is 18.7 Å². The number of rotatable bonds is 6. The van der Waals surface area contributed by atoms with E-state index in [-0.39, 0.29) is 32.8 Å². The molecule has 1 amide bonds. The SMILES string of the molecule is CC1(C(NC(=O)C2CCN(S(=O)c3ccccc3)C2)c2c(F)ccc(Cl)c2Cl)CCCC1. The molecular formula is C24H27Cl2FN2O2S. The van der Waals surface area contributed by atoms with Crippen molar-refractivity contribution in [2.24, 2.45) is 11.3 Å². The van der Waals surface area contributed by atoms with E-state index in [1.165, 1.54) is 12.1 Å². The van der Waals surface area contributed by atoms with Crippen LogP contribution in [-0.4, -0.2) is 27.5 Å². The van der Waals surface area contributed by atoms with Gasteiger partial charge < -0.3 is 5.32 Å². The Morgan fingerprint density at radius 3 is 2.56 bits per heavy atom. The van der Waals surface area contributed by atoms with Gasteiger partial charge in [-0.1, -0.05) is 61.2 Å². The molecule has 1 saturated carbocycles. The van der Waals surface area contributed by atoms with Crippen molar-refractivity contribution in [1.29, 1.82) is 0 Å². The Hall–Kier alpha value is -1.47. The molecule has 1 aliphatic carbocycles. The average molecular weight is 497 g/mol. The van der Waals surface area contributed by atoms with Crippen molar-refractivity contribution in [2.75, 3.05) is 13.1 Å². The molecular weight excluding hydrogens is 470 g/mol. The van der Waals surface area contributed by atoms with E-state index in [1.54, 1.807) is 0 Å². The van der Waals surface area contributed by atoms with Gasteiger partial charge in [0.2, 0.25) is 5.91 Å². The predicted molar refractivity (Wildman–Crippen MR) is 126 cm³/mol. The molecule has 172 valence electrons. The molecule has 3 unspecified atom stereocenters. The van der Waals surface area contributed by atoms with Crippen molar-refractivity contribution >= 4 is 40.1 Å². The highest BCUT2D eigenvalue weighted by molar-refractivity contribution is 7.82. The molecule has 2 aliphatic rings. The van der Waals surface area contributed by atoms with Crippen LogP contribution >= 0.6 is 23.2 Å². The third kappa shape index (κ3) is 4.74. The smallest absolute Gasteiger partial charge is 0.224 e.